The predicted octanol–water partition coefficient (Wildman–Crippen LogP) is -3.85. The third kappa shape index (κ3) is 3.16. The molecule has 116 valence electrons. The molecule has 0 unspecified atom stereocenters. The van der Waals surface area contributed by atoms with Gasteiger partial charge >= 0.3 is 5.69 Å². The molecule has 0 saturated carbocycles. The van der Waals surface area contributed by atoms with Crippen molar-refractivity contribution in [1.82, 2.24) is 14.8 Å². The van der Waals surface area contributed by atoms with Crippen LogP contribution in [-0.4, -0.2) is 67.5 Å². The molecule has 0 bridgehead atoms. The number of hydrogen-bond acceptors (Lipinski definition) is 9. The van der Waals surface area contributed by atoms with E-state index in [1.807, 2.05) is 0 Å². The number of amides is 1. The molecule has 1 saturated heterocycles. The summed E-state index contributed by atoms with van der Waals surface area (Å²) in [6.45, 7) is -0.735. The first-order chi connectivity index (χ1) is 9.93. The van der Waals surface area contributed by atoms with Crippen molar-refractivity contribution in [3.63, 3.8) is 0 Å². The zero-order valence-electron chi connectivity index (χ0n) is 10.8. The molecule has 0 spiro atoms. The Labute approximate surface area is 118 Å². The van der Waals surface area contributed by atoms with Crippen molar-refractivity contribution in [2.24, 2.45) is 5.73 Å². The van der Waals surface area contributed by atoms with Crippen LogP contribution >= 0.6 is 0 Å². The van der Waals surface area contributed by atoms with Crippen molar-refractivity contribution in [3.05, 3.63) is 16.7 Å². The summed E-state index contributed by atoms with van der Waals surface area (Å²) in [6, 6.07) is 0. The molecule has 1 aliphatic heterocycles. The second kappa shape index (κ2) is 6.13. The average molecular weight is 301 g/mol. The first-order valence-electron chi connectivity index (χ1n) is 6.04. The molecule has 11 nitrogen and oxygen atoms in total. The summed E-state index contributed by atoms with van der Waals surface area (Å²) in [6.07, 6.45) is -3.92. The van der Waals surface area contributed by atoms with Crippen LogP contribution in [0.5, 0.6) is 0 Å². The van der Waals surface area contributed by atoms with Gasteiger partial charge in [0, 0.05) is 0 Å². The number of nitrogens with two attached hydrogens (primary N) is 1. The Hall–Kier alpha value is -2.08. The van der Waals surface area contributed by atoms with E-state index in [0.29, 0.717) is 0 Å². The normalized spacial score (nSPS) is 28.5. The molecule has 0 radical (unpaired) electrons. The van der Waals surface area contributed by atoms with Gasteiger partial charge in [-0.2, -0.15) is 14.8 Å². The third-order valence-electron chi connectivity index (χ3n) is 2.92. The Bertz CT molecular complexity index is 577. The number of aliphatic hydroxyl groups is 3. The van der Waals surface area contributed by atoms with Crippen LogP contribution in [0.25, 0.3) is 0 Å². The number of carbonyl (C=O) groups excluding carboxylic acids is 1. The minimum absolute atomic E-state index is 0.0294. The summed E-state index contributed by atoms with van der Waals surface area (Å²) < 4.78 is 5.89. The lowest BCUT2D eigenvalue weighted by Crippen LogP contribution is -2.37. The van der Waals surface area contributed by atoms with Gasteiger partial charge in [-0.15, -0.1) is 0 Å². The third-order valence-corrected chi connectivity index (χ3v) is 2.92. The first-order valence-corrected chi connectivity index (χ1v) is 6.04. The number of nitrogens with one attached hydrogen (secondary N) is 1. The molecule has 2 rings (SSSR count). The highest BCUT2D eigenvalue weighted by Crippen LogP contribution is 2.27. The number of carbonyl (C=O) groups is 1. The molecule has 4 atom stereocenters. The SMILES string of the molecule is NC(=O)CNc1cnn([C@H]2O[C@@H](CO)[C@@H](O)[C@@H]2O)c(=O)n1. The summed E-state index contributed by atoms with van der Waals surface area (Å²) in [7, 11) is 0. The molecular weight excluding hydrogens is 286 g/mol. The maximum Gasteiger partial charge on any atom is 0.368 e. The number of ether oxygens (including phenoxy) is 1. The van der Waals surface area contributed by atoms with Gasteiger partial charge in [-0.3, -0.25) is 4.79 Å². The maximum atomic E-state index is 11.8. The van der Waals surface area contributed by atoms with Gasteiger partial charge in [0.25, 0.3) is 0 Å². The van der Waals surface area contributed by atoms with Gasteiger partial charge < -0.3 is 31.1 Å². The Kier molecular flexibility index (Phi) is 4.47. The fourth-order valence-corrected chi connectivity index (χ4v) is 1.87. The Morgan fingerprint density at radius 2 is 2.19 bits per heavy atom. The maximum absolute atomic E-state index is 11.8. The van der Waals surface area contributed by atoms with Crippen LogP contribution in [0.4, 0.5) is 5.82 Å². The first kappa shape index (κ1) is 15.3. The Morgan fingerprint density at radius 1 is 1.48 bits per heavy atom. The van der Waals surface area contributed by atoms with Gasteiger partial charge in [0.2, 0.25) is 5.91 Å². The topological polar surface area (TPSA) is 173 Å². The highest BCUT2D eigenvalue weighted by molar-refractivity contribution is 5.78. The van der Waals surface area contributed by atoms with Crippen molar-refractivity contribution in [1.29, 1.82) is 0 Å². The smallest absolute Gasteiger partial charge is 0.368 e. The molecule has 0 aromatic carbocycles. The predicted molar refractivity (Wildman–Crippen MR) is 67.0 cm³/mol. The van der Waals surface area contributed by atoms with E-state index in [9.17, 15) is 19.8 Å². The van der Waals surface area contributed by atoms with Crippen LogP contribution < -0.4 is 16.7 Å². The van der Waals surface area contributed by atoms with Gasteiger partial charge in [0.05, 0.1) is 19.3 Å². The number of aromatic nitrogens is 3. The summed E-state index contributed by atoms with van der Waals surface area (Å²) in [5.74, 6) is -0.605. The van der Waals surface area contributed by atoms with E-state index in [4.69, 9.17) is 15.6 Å². The van der Waals surface area contributed by atoms with Crippen molar-refractivity contribution in [3.8, 4) is 0 Å². The van der Waals surface area contributed by atoms with Crippen molar-refractivity contribution in [2.45, 2.75) is 24.5 Å². The van der Waals surface area contributed by atoms with Crippen LogP contribution in [0.1, 0.15) is 6.23 Å². The summed E-state index contributed by atoms with van der Waals surface area (Å²) in [5, 5.41) is 34.6. The average Bonchev–Trinajstić information content (AvgIpc) is 2.73. The molecule has 6 N–H and O–H groups in total. The van der Waals surface area contributed by atoms with E-state index in [1.165, 1.54) is 0 Å². The summed E-state index contributed by atoms with van der Waals surface area (Å²) in [5.41, 5.74) is 4.07. The fraction of sp³-hybridized carbons (Fsp3) is 0.600. The number of primary amides is 1. The van der Waals surface area contributed by atoms with Crippen LogP contribution in [0.3, 0.4) is 0 Å². The second-order valence-electron chi connectivity index (χ2n) is 4.42. The van der Waals surface area contributed by atoms with E-state index >= 15 is 0 Å². The lowest BCUT2D eigenvalue weighted by molar-refractivity contribution is -0.116. The number of rotatable bonds is 5. The molecule has 1 aromatic rings. The van der Waals surface area contributed by atoms with E-state index in [1.54, 1.807) is 0 Å². The molecular formula is C10H15N5O6. The minimum Gasteiger partial charge on any atom is -0.394 e. The zero-order valence-corrected chi connectivity index (χ0v) is 10.8. The highest BCUT2D eigenvalue weighted by Gasteiger charge is 2.44. The number of aliphatic hydroxyl groups excluding tert-OH is 3. The number of nitrogens with zero attached hydrogens (tertiary/aromatic N) is 3. The van der Waals surface area contributed by atoms with E-state index < -0.39 is 42.7 Å². The van der Waals surface area contributed by atoms with E-state index in [0.717, 1.165) is 10.9 Å². The van der Waals surface area contributed by atoms with Gasteiger partial charge in [-0.05, 0) is 0 Å². The van der Waals surface area contributed by atoms with Crippen molar-refractivity contribution in [2.75, 3.05) is 18.5 Å². The molecule has 2 heterocycles. The largest absolute Gasteiger partial charge is 0.394 e. The molecule has 11 heteroatoms. The van der Waals surface area contributed by atoms with E-state index in [-0.39, 0.29) is 12.4 Å². The fourth-order valence-electron chi connectivity index (χ4n) is 1.87. The quantitative estimate of drug-likeness (QED) is 0.365. The highest BCUT2D eigenvalue weighted by atomic mass is 16.6. The number of hydrogen-bond donors (Lipinski definition) is 5. The van der Waals surface area contributed by atoms with Crippen LogP contribution in [0, 0.1) is 0 Å². The van der Waals surface area contributed by atoms with Gasteiger partial charge in [-0.1, -0.05) is 0 Å². The van der Waals surface area contributed by atoms with Gasteiger partial charge in [0.1, 0.15) is 18.3 Å². The molecule has 1 fully saturated rings. The molecule has 21 heavy (non-hydrogen) atoms. The van der Waals surface area contributed by atoms with Gasteiger partial charge in [0.15, 0.2) is 12.0 Å². The standard InChI is InChI=1S/C10H15N5O6/c11-5(17)1-12-6-2-13-15(10(20)14-6)9-8(19)7(18)4(3-16)21-9/h2,4,7-9,16,18-19H,1,3H2,(H2,11,17)(H,12,14,20)/t4-,7+,8-,9-/m0/s1. The molecule has 1 aromatic heterocycles. The van der Waals surface area contributed by atoms with Crippen molar-refractivity contribution < 1.29 is 24.9 Å². The van der Waals surface area contributed by atoms with Crippen LogP contribution in [0.15, 0.2) is 11.0 Å². The Balaban J connectivity index is 2.18. The van der Waals surface area contributed by atoms with E-state index in [2.05, 4.69) is 15.4 Å². The minimum atomic E-state index is -1.43. The lowest BCUT2D eigenvalue weighted by atomic mass is 10.1. The molecule has 1 aliphatic rings. The van der Waals surface area contributed by atoms with Crippen LogP contribution in [-0.2, 0) is 9.53 Å². The van der Waals surface area contributed by atoms with Crippen LogP contribution in [0.2, 0.25) is 0 Å². The summed E-state index contributed by atoms with van der Waals surface area (Å²) >= 11 is 0. The molecule has 1 amide bonds. The monoisotopic (exact) mass is 301 g/mol. The zero-order chi connectivity index (χ0) is 15.6. The van der Waals surface area contributed by atoms with Gasteiger partial charge in [-0.25, -0.2) is 4.79 Å². The Morgan fingerprint density at radius 3 is 2.71 bits per heavy atom. The lowest BCUT2D eigenvalue weighted by Gasteiger charge is -2.15. The second-order valence-corrected chi connectivity index (χ2v) is 4.42. The van der Waals surface area contributed by atoms with Crippen molar-refractivity contribution >= 4 is 11.7 Å². The molecule has 0 aliphatic carbocycles. The number of anilines is 1. The summed E-state index contributed by atoms with van der Waals surface area (Å²) in [4.78, 5) is 26.0.